The van der Waals surface area contributed by atoms with Crippen molar-refractivity contribution in [2.75, 3.05) is 64.2 Å². The van der Waals surface area contributed by atoms with Gasteiger partial charge in [-0.1, -0.05) is 0 Å². The molecule has 0 saturated carbocycles. The predicted octanol–water partition coefficient (Wildman–Crippen LogP) is 4.31. The van der Waals surface area contributed by atoms with E-state index in [2.05, 4.69) is 25.5 Å². The summed E-state index contributed by atoms with van der Waals surface area (Å²) >= 11 is 0. The number of ether oxygens (including phenoxy) is 2. The summed E-state index contributed by atoms with van der Waals surface area (Å²) in [4.78, 5) is 24.5. The Bertz CT molecular complexity index is 1300. The number of hydrogen-bond donors (Lipinski definition) is 3. The molecule has 12 heteroatoms. The third-order valence-corrected chi connectivity index (χ3v) is 7.24. The Morgan fingerprint density at radius 1 is 1.13 bits per heavy atom. The third-order valence-electron chi connectivity index (χ3n) is 7.24. The van der Waals surface area contributed by atoms with E-state index in [1.165, 1.54) is 13.2 Å². The van der Waals surface area contributed by atoms with Crippen LogP contribution in [0, 0.1) is 0 Å². The maximum atomic E-state index is 13.4. The number of morpholine rings is 1. The molecule has 0 aliphatic carbocycles. The summed E-state index contributed by atoms with van der Waals surface area (Å²) in [6.45, 7) is 4.79. The molecule has 0 spiro atoms. The minimum atomic E-state index is -4.51. The highest BCUT2D eigenvalue weighted by atomic mass is 19.4. The lowest BCUT2D eigenvalue weighted by atomic mass is 10.0. The van der Waals surface area contributed by atoms with Crippen molar-refractivity contribution in [2.45, 2.75) is 25.1 Å². The number of aromatic amines is 1. The van der Waals surface area contributed by atoms with E-state index in [1.54, 1.807) is 25.2 Å². The molecule has 4 heterocycles. The Kier molecular flexibility index (Phi) is 7.35. The highest BCUT2D eigenvalue weighted by Gasteiger charge is 2.35. The molecule has 0 bridgehead atoms. The van der Waals surface area contributed by atoms with Crippen LogP contribution in [-0.4, -0.2) is 85.3 Å². The van der Waals surface area contributed by atoms with Gasteiger partial charge in [-0.25, -0.2) is 4.98 Å². The fourth-order valence-corrected chi connectivity index (χ4v) is 5.24. The number of rotatable bonds is 6. The van der Waals surface area contributed by atoms with Crippen LogP contribution in [0.3, 0.4) is 0 Å². The number of nitrogens with one attached hydrogen (secondary N) is 3. The van der Waals surface area contributed by atoms with E-state index in [4.69, 9.17) is 9.47 Å². The number of anilines is 3. The second kappa shape index (κ2) is 10.7. The summed E-state index contributed by atoms with van der Waals surface area (Å²) in [5, 5.41) is 5.89. The van der Waals surface area contributed by atoms with Gasteiger partial charge in [-0.15, -0.1) is 0 Å². The molecule has 2 saturated heterocycles. The van der Waals surface area contributed by atoms with Crippen molar-refractivity contribution >= 4 is 34.1 Å². The molecule has 9 nitrogen and oxygen atoms in total. The van der Waals surface area contributed by atoms with Crippen LogP contribution in [0.1, 0.15) is 28.8 Å². The molecular formula is C26H31F3N6O3. The van der Waals surface area contributed by atoms with Gasteiger partial charge in [0, 0.05) is 62.8 Å². The number of hydrogen-bond acceptors (Lipinski definition) is 7. The Labute approximate surface area is 218 Å². The molecule has 3 N–H and O–H groups in total. The van der Waals surface area contributed by atoms with E-state index in [0.717, 1.165) is 45.3 Å². The molecule has 1 aromatic carbocycles. The number of amides is 1. The topological polar surface area (TPSA) is 94.8 Å². The first-order valence-corrected chi connectivity index (χ1v) is 12.6. The van der Waals surface area contributed by atoms with Crippen molar-refractivity contribution in [3.05, 3.63) is 41.6 Å². The number of nitrogens with zero attached hydrogens (tertiary/aromatic N) is 3. The highest BCUT2D eigenvalue weighted by Crippen LogP contribution is 2.39. The Morgan fingerprint density at radius 2 is 1.87 bits per heavy atom. The lowest BCUT2D eigenvalue weighted by molar-refractivity contribution is -0.136. The Morgan fingerprint density at radius 3 is 2.53 bits per heavy atom. The van der Waals surface area contributed by atoms with E-state index in [1.807, 2.05) is 4.90 Å². The average molecular weight is 533 g/mol. The van der Waals surface area contributed by atoms with Crippen LogP contribution in [0.2, 0.25) is 0 Å². The first-order valence-electron chi connectivity index (χ1n) is 12.6. The second-order valence-electron chi connectivity index (χ2n) is 9.44. The minimum absolute atomic E-state index is 0.0316. The van der Waals surface area contributed by atoms with Gasteiger partial charge in [-0.05, 0) is 31.0 Å². The van der Waals surface area contributed by atoms with Gasteiger partial charge >= 0.3 is 6.18 Å². The Balaban J connectivity index is 1.31. The number of methoxy groups -OCH3 is 1. The number of alkyl halides is 3. The van der Waals surface area contributed by atoms with Gasteiger partial charge in [-0.2, -0.15) is 13.2 Å². The van der Waals surface area contributed by atoms with Gasteiger partial charge in [0.25, 0.3) is 5.91 Å². The van der Waals surface area contributed by atoms with Crippen LogP contribution in [0.25, 0.3) is 11.0 Å². The summed E-state index contributed by atoms with van der Waals surface area (Å²) in [5.41, 5.74) is 0.628. The zero-order valence-electron chi connectivity index (χ0n) is 21.3. The zero-order chi connectivity index (χ0) is 26.9. The fraction of sp³-hybridized carbons (Fsp3) is 0.462. The third kappa shape index (κ3) is 5.23. The number of benzene rings is 1. The summed E-state index contributed by atoms with van der Waals surface area (Å²) in [6, 6.07) is 7.08. The lowest BCUT2D eigenvalue weighted by Gasteiger charge is -2.40. The normalized spacial score (nSPS) is 17.6. The molecule has 2 fully saturated rings. The van der Waals surface area contributed by atoms with Gasteiger partial charge in [0.2, 0.25) is 0 Å². The minimum Gasteiger partial charge on any atom is -0.495 e. The number of aromatic nitrogens is 2. The van der Waals surface area contributed by atoms with Crippen LogP contribution >= 0.6 is 0 Å². The predicted molar refractivity (Wildman–Crippen MR) is 138 cm³/mol. The highest BCUT2D eigenvalue weighted by molar-refractivity contribution is 5.96. The molecule has 0 atom stereocenters. The average Bonchev–Trinajstić information content (AvgIpc) is 3.38. The molecule has 204 valence electrons. The first kappa shape index (κ1) is 26.1. The van der Waals surface area contributed by atoms with Crippen LogP contribution in [0.5, 0.6) is 5.75 Å². The molecular weight excluding hydrogens is 501 g/mol. The maximum absolute atomic E-state index is 13.4. The SMILES string of the molecule is CNc1cc(Nc2ccc(C(=O)N3CCC(N4CCOCC4)CC3)cc2OC)nc2[nH]cc(C(F)(F)F)c12. The van der Waals surface area contributed by atoms with Crippen molar-refractivity contribution in [3.63, 3.8) is 0 Å². The summed E-state index contributed by atoms with van der Waals surface area (Å²) < 4.78 is 51.2. The second-order valence-corrected chi connectivity index (χ2v) is 9.44. The van der Waals surface area contributed by atoms with Crippen LogP contribution in [0.15, 0.2) is 30.5 Å². The number of fused-ring (bicyclic) bond motifs is 1. The molecule has 0 radical (unpaired) electrons. The summed E-state index contributed by atoms with van der Waals surface area (Å²) in [5.74, 6) is 0.688. The first-order chi connectivity index (χ1) is 18.3. The number of likely N-dealkylation sites (tertiary alicyclic amines) is 1. The fourth-order valence-electron chi connectivity index (χ4n) is 5.24. The van der Waals surface area contributed by atoms with Crippen molar-refractivity contribution in [1.82, 2.24) is 19.8 Å². The molecule has 2 aromatic heterocycles. The number of piperidine rings is 1. The van der Waals surface area contributed by atoms with E-state index >= 15 is 0 Å². The number of halogens is 3. The molecule has 38 heavy (non-hydrogen) atoms. The van der Waals surface area contributed by atoms with Gasteiger partial charge in [0.1, 0.15) is 17.2 Å². The van der Waals surface area contributed by atoms with E-state index in [0.29, 0.717) is 41.9 Å². The van der Waals surface area contributed by atoms with Gasteiger partial charge in [0.05, 0.1) is 37.0 Å². The molecule has 2 aliphatic rings. The van der Waals surface area contributed by atoms with Gasteiger partial charge in [-0.3, -0.25) is 9.69 Å². The van der Waals surface area contributed by atoms with Crippen LogP contribution < -0.4 is 15.4 Å². The molecule has 0 unspecified atom stereocenters. The molecule has 3 aromatic rings. The van der Waals surface area contributed by atoms with E-state index in [-0.39, 0.29) is 22.6 Å². The molecule has 1 amide bonds. The smallest absolute Gasteiger partial charge is 0.418 e. The number of pyridine rings is 1. The van der Waals surface area contributed by atoms with E-state index < -0.39 is 11.7 Å². The van der Waals surface area contributed by atoms with Gasteiger partial charge < -0.3 is 30.0 Å². The number of carbonyl (C=O) groups excluding carboxylic acids is 1. The van der Waals surface area contributed by atoms with Gasteiger partial charge in [0.15, 0.2) is 0 Å². The molecule has 5 rings (SSSR count). The van der Waals surface area contributed by atoms with Crippen molar-refractivity contribution in [3.8, 4) is 5.75 Å². The summed E-state index contributed by atoms with van der Waals surface area (Å²) in [6.07, 6.45) is -1.74. The molecule has 2 aliphatic heterocycles. The van der Waals surface area contributed by atoms with Crippen LogP contribution in [0.4, 0.5) is 30.4 Å². The standard InChI is InChI=1S/C26H31F3N6O3/c1-30-20-14-22(33-24-23(20)18(15-31-24)26(27,28)29)32-19-4-3-16(13-21(19)37-2)25(36)35-7-5-17(6-8-35)34-9-11-38-12-10-34/h3-4,13-15,17H,5-12H2,1-2H3,(H3,30,31,32,33). The largest absolute Gasteiger partial charge is 0.495 e. The zero-order valence-corrected chi connectivity index (χ0v) is 21.3. The Hall–Kier alpha value is -3.51. The monoisotopic (exact) mass is 532 g/mol. The lowest BCUT2D eigenvalue weighted by Crippen LogP contribution is -2.50. The van der Waals surface area contributed by atoms with E-state index in [9.17, 15) is 18.0 Å². The number of carbonyl (C=O) groups is 1. The van der Waals surface area contributed by atoms with Crippen molar-refractivity contribution < 1.29 is 27.4 Å². The summed E-state index contributed by atoms with van der Waals surface area (Å²) in [7, 11) is 3.05. The quantitative estimate of drug-likeness (QED) is 0.436. The maximum Gasteiger partial charge on any atom is 0.418 e. The van der Waals surface area contributed by atoms with Crippen molar-refractivity contribution in [2.24, 2.45) is 0 Å². The van der Waals surface area contributed by atoms with Crippen molar-refractivity contribution in [1.29, 1.82) is 0 Å². The number of H-pyrrole nitrogens is 1. The van der Waals surface area contributed by atoms with Crippen LogP contribution in [-0.2, 0) is 10.9 Å².